The quantitative estimate of drug-likeness (QED) is 0.303. The van der Waals surface area contributed by atoms with E-state index in [-0.39, 0.29) is 12.4 Å². The van der Waals surface area contributed by atoms with Gasteiger partial charge in [0.15, 0.2) is 0 Å². The maximum Gasteiger partial charge on any atom is 0.346 e. The van der Waals surface area contributed by atoms with Gasteiger partial charge in [-0.25, -0.2) is 28.8 Å². The minimum atomic E-state index is -1.66. The molecule has 0 saturated carbocycles. The zero-order chi connectivity index (χ0) is 21.9. The Bertz CT molecular complexity index is 1000. The van der Waals surface area contributed by atoms with Crippen LogP contribution in [0.3, 0.4) is 0 Å². The predicted octanol–water partition coefficient (Wildman–Crippen LogP) is -1.52. The van der Waals surface area contributed by atoms with Gasteiger partial charge in [-0.2, -0.15) is 0 Å². The topological polar surface area (TPSA) is 193 Å². The summed E-state index contributed by atoms with van der Waals surface area (Å²) in [6.07, 6.45) is 0. The molecule has 0 aliphatic rings. The Hall–Kier alpha value is -4.25. The minimum absolute atomic E-state index is 0. The van der Waals surface area contributed by atoms with Crippen LogP contribution < -0.4 is 12.4 Å². The van der Waals surface area contributed by atoms with Gasteiger partial charge in [-0.1, -0.05) is 0 Å². The van der Waals surface area contributed by atoms with Gasteiger partial charge in [0.2, 0.25) is 0 Å². The van der Waals surface area contributed by atoms with E-state index in [0.717, 1.165) is 24.3 Å². The average Bonchev–Trinajstić information content (AvgIpc) is 2.66. The zero-order valence-corrected chi connectivity index (χ0v) is 15.2. The van der Waals surface area contributed by atoms with E-state index in [1.807, 2.05) is 0 Å². The van der Waals surface area contributed by atoms with Crippen LogP contribution >= 0.6 is 0 Å². The lowest BCUT2D eigenvalue weighted by Gasteiger charge is -2.09. The SMILES string of the molecule is O=C(O)c1ccc(C(=O)OC(=O)c2ccc(C(=O)O)cc2C(=O)O)c(C(=O)O)c1.[Cl-]. The minimum Gasteiger partial charge on any atom is -1.00 e. The van der Waals surface area contributed by atoms with E-state index in [1.165, 1.54) is 0 Å². The number of aromatic carboxylic acids is 4. The zero-order valence-electron chi connectivity index (χ0n) is 14.5. The Labute approximate surface area is 172 Å². The molecule has 0 aliphatic carbocycles. The number of carbonyl (C=O) groups excluding carboxylic acids is 2. The highest BCUT2D eigenvalue weighted by Gasteiger charge is 2.26. The number of ether oxygens (including phenoxy) is 1. The first-order valence-electron chi connectivity index (χ1n) is 7.50. The van der Waals surface area contributed by atoms with Crippen molar-refractivity contribution in [3.05, 3.63) is 69.8 Å². The van der Waals surface area contributed by atoms with Crippen LogP contribution in [-0.2, 0) is 4.74 Å². The summed E-state index contributed by atoms with van der Waals surface area (Å²) >= 11 is 0. The van der Waals surface area contributed by atoms with Crippen LogP contribution in [0.25, 0.3) is 0 Å². The fourth-order valence-corrected chi connectivity index (χ4v) is 2.26. The third-order valence-corrected chi connectivity index (χ3v) is 3.62. The van der Waals surface area contributed by atoms with Gasteiger partial charge in [0.05, 0.1) is 33.4 Å². The second-order valence-corrected chi connectivity index (χ2v) is 5.42. The maximum atomic E-state index is 12.2. The highest BCUT2D eigenvalue weighted by Crippen LogP contribution is 2.18. The van der Waals surface area contributed by atoms with E-state index in [2.05, 4.69) is 4.74 Å². The van der Waals surface area contributed by atoms with Crippen molar-refractivity contribution in [1.82, 2.24) is 0 Å². The Morgan fingerprint density at radius 2 is 0.867 bits per heavy atom. The van der Waals surface area contributed by atoms with Gasteiger partial charge >= 0.3 is 35.8 Å². The first-order chi connectivity index (χ1) is 13.5. The third kappa shape index (κ3) is 4.97. The standard InChI is InChI=1S/C18H10O11.ClH/c19-13(20)7-1-3-9(11(5-7)15(23)24)17(27)29-18(28)10-4-2-8(14(21)22)6-12(10)16(25)26;/h1-6H,(H,19,20)(H,21,22)(H,23,24)(H,25,26);1H/p-1. The number of benzene rings is 2. The lowest BCUT2D eigenvalue weighted by molar-refractivity contribution is -0.000100. The largest absolute Gasteiger partial charge is 1.00 e. The summed E-state index contributed by atoms with van der Waals surface area (Å²) < 4.78 is 4.51. The van der Waals surface area contributed by atoms with Gasteiger partial charge in [0.25, 0.3) is 0 Å². The van der Waals surface area contributed by atoms with Crippen molar-refractivity contribution in [1.29, 1.82) is 0 Å². The lowest BCUT2D eigenvalue weighted by atomic mass is 10.0. The molecular weight excluding hydrogens is 428 g/mol. The van der Waals surface area contributed by atoms with Crippen LogP contribution in [0.4, 0.5) is 0 Å². The summed E-state index contributed by atoms with van der Waals surface area (Å²) in [5.74, 6) is -9.17. The molecule has 0 spiro atoms. The fourth-order valence-electron chi connectivity index (χ4n) is 2.26. The van der Waals surface area contributed by atoms with Gasteiger partial charge < -0.3 is 37.6 Å². The van der Waals surface area contributed by atoms with E-state index in [4.69, 9.17) is 20.4 Å². The van der Waals surface area contributed by atoms with Crippen molar-refractivity contribution in [2.45, 2.75) is 0 Å². The molecule has 2 aromatic carbocycles. The number of carbonyl (C=O) groups is 6. The van der Waals surface area contributed by atoms with E-state index < -0.39 is 69.2 Å². The number of halogens is 1. The van der Waals surface area contributed by atoms with Crippen molar-refractivity contribution in [2.24, 2.45) is 0 Å². The number of rotatable bonds is 6. The molecule has 4 N–H and O–H groups in total. The van der Waals surface area contributed by atoms with Crippen LogP contribution in [0, 0.1) is 0 Å². The Morgan fingerprint density at radius 3 is 1.13 bits per heavy atom. The maximum absolute atomic E-state index is 12.2. The molecule has 0 amide bonds. The Balaban J connectivity index is 0.00000450. The molecule has 156 valence electrons. The molecule has 0 unspecified atom stereocenters. The van der Waals surface area contributed by atoms with Gasteiger partial charge in [-0.05, 0) is 36.4 Å². The van der Waals surface area contributed by atoms with Gasteiger partial charge in [-0.15, -0.1) is 0 Å². The van der Waals surface area contributed by atoms with E-state index >= 15 is 0 Å². The molecule has 0 fully saturated rings. The van der Waals surface area contributed by atoms with Crippen LogP contribution in [0.5, 0.6) is 0 Å². The van der Waals surface area contributed by atoms with E-state index in [1.54, 1.807) is 0 Å². The molecular formula is C18H10ClO11-. The highest BCUT2D eigenvalue weighted by atomic mass is 35.5. The smallest absolute Gasteiger partial charge is 0.346 e. The number of carboxylic acids is 4. The second kappa shape index (κ2) is 9.30. The molecule has 0 aromatic heterocycles. The monoisotopic (exact) mass is 437 g/mol. The average molecular weight is 438 g/mol. The van der Waals surface area contributed by atoms with Crippen LogP contribution in [0.1, 0.15) is 62.1 Å². The number of hydrogen-bond donors (Lipinski definition) is 4. The fraction of sp³-hybridized carbons (Fsp3) is 0. The lowest BCUT2D eigenvalue weighted by Crippen LogP contribution is -3.00. The molecule has 0 aliphatic heterocycles. The summed E-state index contributed by atoms with van der Waals surface area (Å²) in [4.78, 5) is 68.8. The van der Waals surface area contributed by atoms with Crippen molar-refractivity contribution >= 4 is 35.8 Å². The molecule has 0 heterocycles. The summed E-state index contributed by atoms with van der Waals surface area (Å²) in [7, 11) is 0. The first-order valence-corrected chi connectivity index (χ1v) is 7.50. The third-order valence-electron chi connectivity index (χ3n) is 3.62. The van der Waals surface area contributed by atoms with Crippen molar-refractivity contribution in [2.75, 3.05) is 0 Å². The molecule has 0 saturated heterocycles. The Kier molecular flexibility index (Phi) is 7.37. The first kappa shape index (κ1) is 23.8. The second-order valence-electron chi connectivity index (χ2n) is 5.42. The highest BCUT2D eigenvalue weighted by molar-refractivity contribution is 6.11. The number of hydrogen-bond acceptors (Lipinski definition) is 7. The molecule has 0 atom stereocenters. The molecule has 0 radical (unpaired) electrons. The molecule has 11 nitrogen and oxygen atoms in total. The van der Waals surface area contributed by atoms with Crippen LogP contribution in [-0.4, -0.2) is 56.2 Å². The van der Waals surface area contributed by atoms with Gasteiger partial charge in [0.1, 0.15) is 0 Å². The molecule has 30 heavy (non-hydrogen) atoms. The Morgan fingerprint density at radius 1 is 0.533 bits per heavy atom. The van der Waals surface area contributed by atoms with E-state index in [0.29, 0.717) is 12.1 Å². The summed E-state index contributed by atoms with van der Waals surface area (Å²) in [6, 6.07) is 4.87. The number of carboxylic acid groups (broad SMARTS) is 4. The summed E-state index contributed by atoms with van der Waals surface area (Å²) in [5.41, 5.74) is -3.64. The summed E-state index contributed by atoms with van der Waals surface area (Å²) in [6.45, 7) is 0. The molecule has 2 rings (SSSR count). The normalized spacial score (nSPS) is 9.73. The van der Waals surface area contributed by atoms with Crippen molar-refractivity contribution in [3.8, 4) is 0 Å². The van der Waals surface area contributed by atoms with Crippen molar-refractivity contribution < 1.29 is 66.3 Å². The molecule has 2 aromatic rings. The van der Waals surface area contributed by atoms with E-state index in [9.17, 15) is 28.8 Å². The summed E-state index contributed by atoms with van der Waals surface area (Å²) in [5, 5.41) is 36.1. The van der Waals surface area contributed by atoms with Gasteiger partial charge in [-0.3, -0.25) is 0 Å². The number of esters is 2. The molecule has 0 bridgehead atoms. The van der Waals surface area contributed by atoms with Gasteiger partial charge in [0, 0.05) is 0 Å². The van der Waals surface area contributed by atoms with Crippen molar-refractivity contribution in [3.63, 3.8) is 0 Å². The van der Waals surface area contributed by atoms with Crippen LogP contribution in [0.15, 0.2) is 36.4 Å². The van der Waals surface area contributed by atoms with Crippen LogP contribution in [0.2, 0.25) is 0 Å². The molecule has 12 heteroatoms. The predicted molar refractivity (Wildman–Crippen MR) is 90.5 cm³/mol.